The summed E-state index contributed by atoms with van der Waals surface area (Å²) in [5.74, 6) is 1.80. The molecule has 1 atom stereocenters. The second-order valence-corrected chi connectivity index (χ2v) is 11.9. The first-order valence-electron chi connectivity index (χ1n) is 16.0. The number of nitrogens with two attached hydrogens (primary N) is 1. The lowest BCUT2D eigenvalue weighted by molar-refractivity contribution is 0.636. The molecule has 0 saturated heterocycles. The number of nitrogen functional groups attached to an aromatic ring is 1. The molecule has 0 bridgehead atoms. The zero-order valence-electron chi connectivity index (χ0n) is 26.1. The van der Waals surface area contributed by atoms with Crippen LogP contribution in [0.3, 0.4) is 0 Å². The van der Waals surface area contributed by atoms with E-state index >= 15 is 0 Å². The number of fused-ring (bicyclic) bond motifs is 5. The Kier molecular flexibility index (Phi) is 6.47. The van der Waals surface area contributed by atoms with Crippen molar-refractivity contribution in [1.29, 1.82) is 0 Å². The molecular weight excluding hydrogens is 592 g/mol. The van der Waals surface area contributed by atoms with Gasteiger partial charge in [-0.2, -0.15) is 0 Å². The van der Waals surface area contributed by atoms with Crippen LogP contribution in [-0.4, -0.2) is 11.7 Å². The summed E-state index contributed by atoms with van der Waals surface area (Å²) in [5, 5.41) is 8.85. The zero-order valence-corrected chi connectivity index (χ0v) is 26.1. The number of allylic oxidation sites excluding steroid dienone is 1. The third-order valence-electron chi connectivity index (χ3n) is 9.15. The number of nitrogens with one attached hydrogen (secondary N) is 1. The van der Waals surface area contributed by atoms with Crippen molar-refractivity contribution in [2.45, 2.75) is 13.1 Å². The van der Waals surface area contributed by atoms with E-state index in [9.17, 15) is 0 Å². The highest BCUT2D eigenvalue weighted by Crippen LogP contribution is 2.40. The fourth-order valence-corrected chi connectivity index (χ4v) is 7.00. The molecule has 0 aliphatic carbocycles. The smallest absolute Gasteiger partial charge is 0.199 e. The highest BCUT2D eigenvalue weighted by Gasteiger charge is 2.25. The standard InChI is InChI=1S/C42H30N4O2/c1-2-26(38-32-16-7-9-23-35(32)48-39(38)43)27-17-10-19-29-28(27)18-11-20-30(29)41-44-40(25-13-4-3-5-14-25)45-42(46-41)33-21-12-24-36-37(33)31-15-6-8-22-34(31)47-36/h2-24,40H,43H2,1H3,(H,44,45,46)/b26-2-. The SMILES string of the molecule is C/C=C(\c1c(N)oc2ccccc12)c1cccc2c(C3=NC(c4cccc5oc6ccccc6c45)=NC(c4ccccc4)N3)cccc12. The summed E-state index contributed by atoms with van der Waals surface area (Å²) >= 11 is 0. The summed E-state index contributed by atoms with van der Waals surface area (Å²) in [6.45, 7) is 2.04. The summed E-state index contributed by atoms with van der Waals surface area (Å²) in [6.07, 6.45) is 1.76. The Bertz CT molecular complexity index is 2620. The van der Waals surface area contributed by atoms with E-state index in [4.69, 9.17) is 24.6 Å². The van der Waals surface area contributed by atoms with Crippen LogP contribution in [0.4, 0.5) is 5.88 Å². The average molecular weight is 623 g/mol. The van der Waals surface area contributed by atoms with Gasteiger partial charge in [0.15, 0.2) is 11.7 Å². The lowest BCUT2D eigenvalue weighted by Gasteiger charge is -2.25. The molecule has 0 radical (unpaired) electrons. The first kappa shape index (κ1) is 27.9. The molecule has 3 heterocycles. The molecule has 1 aliphatic heterocycles. The van der Waals surface area contributed by atoms with Crippen molar-refractivity contribution in [3.05, 3.63) is 167 Å². The van der Waals surface area contributed by atoms with Gasteiger partial charge in [-0.15, -0.1) is 0 Å². The number of para-hydroxylation sites is 2. The maximum absolute atomic E-state index is 6.51. The predicted molar refractivity (Wildman–Crippen MR) is 196 cm³/mol. The first-order chi connectivity index (χ1) is 23.7. The number of hydrogen-bond donors (Lipinski definition) is 2. The van der Waals surface area contributed by atoms with Crippen molar-refractivity contribution in [1.82, 2.24) is 5.32 Å². The van der Waals surface area contributed by atoms with Gasteiger partial charge in [-0.1, -0.05) is 121 Å². The van der Waals surface area contributed by atoms with E-state index in [1.54, 1.807) is 0 Å². The van der Waals surface area contributed by atoms with Gasteiger partial charge in [0, 0.05) is 27.3 Å². The second kappa shape index (κ2) is 11.1. The van der Waals surface area contributed by atoms with Gasteiger partial charge < -0.3 is 19.9 Å². The van der Waals surface area contributed by atoms with Gasteiger partial charge in [0.25, 0.3) is 0 Å². The molecule has 0 saturated carbocycles. The predicted octanol–water partition coefficient (Wildman–Crippen LogP) is 10.0. The number of benzene rings is 6. The monoisotopic (exact) mass is 622 g/mol. The van der Waals surface area contributed by atoms with Gasteiger partial charge >= 0.3 is 0 Å². The van der Waals surface area contributed by atoms with Crippen LogP contribution in [0, 0.1) is 0 Å². The minimum Gasteiger partial charge on any atom is -0.456 e. The van der Waals surface area contributed by atoms with Gasteiger partial charge in [-0.25, -0.2) is 9.98 Å². The molecule has 1 unspecified atom stereocenters. The average Bonchev–Trinajstić information content (AvgIpc) is 3.69. The summed E-state index contributed by atoms with van der Waals surface area (Å²) in [7, 11) is 0. The molecule has 2 aromatic heterocycles. The van der Waals surface area contributed by atoms with Crippen LogP contribution < -0.4 is 11.1 Å². The molecule has 0 fully saturated rings. The number of aliphatic imine (C=N–C) groups is 2. The third kappa shape index (κ3) is 4.42. The number of anilines is 1. The Morgan fingerprint density at radius 1 is 0.646 bits per heavy atom. The van der Waals surface area contributed by atoms with Crippen molar-refractivity contribution >= 4 is 66.8 Å². The number of nitrogens with zero attached hydrogens (tertiary/aromatic N) is 2. The highest BCUT2D eigenvalue weighted by molar-refractivity contribution is 6.23. The van der Waals surface area contributed by atoms with Crippen LogP contribution >= 0.6 is 0 Å². The van der Waals surface area contributed by atoms with E-state index < -0.39 is 0 Å². The number of hydrogen-bond acceptors (Lipinski definition) is 6. The molecule has 8 aromatic rings. The van der Waals surface area contributed by atoms with Crippen molar-refractivity contribution < 1.29 is 8.83 Å². The van der Waals surface area contributed by atoms with E-state index in [1.165, 1.54) is 0 Å². The topological polar surface area (TPSA) is 89.0 Å². The lowest BCUT2D eigenvalue weighted by Crippen LogP contribution is -2.33. The minimum absolute atomic E-state index is 0.344. The summed E-state index contributed by atoms with van der Waals surface area (Å²) in [5.41, 5.74) is 14.9. The van der Waals surface area contributed by atoms with E-state index in [0.29, 0.717) is 11.7 Å². The Hall–Kier alpha value is -6.40. The van der Waals surface area contributed by atoms with Crippen LogP contribution in [0.15, 0.2) is 158 Å². The van der Waals surface area contributed by atoms with Crippen LogP contribution in [0.25, 0.3) is 49.3 Å². The van der Waals surface area contributed by atoms with Crippen molar-refractivity contribution in [2.75, 3.05) is 5.73 Å². The molecule has 3 N–H and O–H groups in total. The van der Waals surface area contributed by atoms with E-state index in [0.717, 1.165) is 82.9 Å². The summed E-state index contributed by atoms with van der Waals surface area (Å²) in [4.78, 5) is 10.4. The van der Waals surface area contributed by atoms with E-state index in [-0.39, 0.29) is 6.17 Å². The summed E-state index contributed by atoms with van der Waals surface area (Å²) < 4.78 is 12.2. The van der Waals surface area contributed by atoms with Gasteiger partial charge in [-0.3, -0.25) is 0 Å². The van der Waals surface area contributed by atoms with Gasteiger partial charge in [0.1, 0.15) is 28.8 Å². The van der Waals surface area contributed by atoms with Crippen molar-refractivity contribution in [2.24, 2.45) is 9.98 Å². The van der Waals surface area contributed by atoms with Crippen LogP contribution in [0.2, 0.25) is 0 Å². The Morgan fingerprint density at radius 3 is 2.12 bits per heavy atom. The number of rotatable bonds is 5. The Balaban J connectivity index is 1.24. The molecule has 6 aromatic carbocycles. The molecule has 6 nitrogen and oxygen atoms in total. The lowest BCUT2D eigenvalue weighted by atomic mass is 9.90. The first-order valence-corrected chi connectivity index (χ1v) is 16.0. The van der Waals surface area contributed by atoms with E-state index in [1.807, 2.05) is 73.7 Å². The van der Waals surface area contributed by atoms with Crippen LogP contribution in [-0.2, 0) is 0 Å². The molecule has 230 valence electrons. The van der Waals surface area contributed by atoms with Gasteiger partial charge in [0.2, 0.25) is 0 Å². The highest BCUT2D eigenvalue weighted by atomic mass is 16.3. The molecular formula is C42H30N4O2. The molecule has 0 amide bonds. The fraction of sp³-hybridized carbons (Fsp3) is 0.0476. The normalized spacial score (nSPS) is 15.2. The second-order valence-electron chi connectivity index (χ2n) is 11.9. The number of furan rings is 2. The molecule has 0 spiro atoms. The molecule has 48 heavy (non-hydrogen) atoms. The van der Waals surface area contributed by atoms with Crippen LogP contribution in [0.1, 0.15) is 40.9 Å². The van der Waals surface area contributed by atoms with Crippen molar-refractivity contribution in [3.63, 3.8) is 0 Å². The maximum atomic E-state index is 6.51. The van der Waals surface area contributed by atoms with Gasteiger partial charge in [-0.05, 0) is 52.6 Å². The van der Waals surface area contributed by atoms with Gasteiger partial charge in [0.05, 0.1) is 5.56 Å². The van der Waals surface area contributed by atoms with Crippen molar-refractivity contribution in [3.8, 4) is 0 Å². The maximum Gasteiger partial charge on any atom is 0.199 e. The van der Waals surface area contributed by atoms with Crippen LogP contribution in [0.5, 0.6) is 0 Å². The molecule has 1 aliphatic rings. The zero-order chi connectivity index (χ0) is 32.2. The molecule has 9 rings (SSSR count). The summed E-state index contributed by atoms with van der Waals surface area (Å²) in [6, 6.07) is 45.2. The Morgan fingerprint density at radius 2 is 1.29 bits per heavy atom. The largest absolute Gasteiger partial charge is 0.456 e. The molecule has 6 heteroatoms. The third-order valence-corrected chi connectivity index (χ3v) is 9.15. The quantitative estimate of drug-likeness (QED) is 0.200. The Labute approximate surface area is 276 Å². The fourth-order valence-electron chi connectivity index (χ4n) is 7.00. The minimum atomic E-state index is -0.344. The van der Waals surface area contributed by atoms with E-state index in [2.05, 4.69) is 78.1 Å². The number of amidine groups is 2.